The summed E-state index contributed by atoms with van der Waals surface area (Å²) in [4.78, 5) is 45.3. The van der Waals surface area contributed by atoms with E-state index in [0.29, 0.717) is 4.90 Å². The molecule has 0 saturated carbocycles. The molecule has 1 rings (SSSR count). The number of hydrogen-bond donors (Lipinski definition) is 0. The normalized spacial score (nSPS) is 14.9. The van der Waals surface area contributed by atoms with E-state index in [2.05, 4.69) is 0 Å². The second-order valence-corrected chi connectivity index (χ2v) is 3.00. The van der Waals surface area contributed by atoms with Crippen LogP contribution in [0.15, 0.2) is 23.9 Å². The average Bonchev–Trinajstić information content (AvgIpc) is 2.10. The topological polar surface area (TPSA) is 71.5 Å². The zero-order valence-electron chi connectivity index (χ0n) is 8.31. The Morgan fingerprint density at radius 1 is 1.07 bits per heavy atom. The number of ketones is 2. The molecule has 0 radical (unpaired) electrons. The van der Waals surface area contributed by atoms with Crippen LogP contribution in [0.4, 0.5) is 0 Å². The fourth-order valence-corrected chi connectivity index (χ4v) is 1.23. The molecule has 1 aliphatic carbocycles. The summed E-state index contributed by atoms with van der Waals surface area (Å²) in [6, 6.07) is 0. The highest BCUT2D eigenvalue weighted by molar-refractivity contribution is 6.20. The molecule has 0 N–H and O–H groups in total. The SMILES string of the molecule is CC(=O)N(C(C)=O)C1=CC(=O)C=CC1=O. The Morgan fingerprint density at radius 2 is 1.60 bits per heavy atom. The minimum Gasteiger partial charge on any atom is -0.290 e. The lowest BCUT2D eigenvalue weighted by molar-refractivity contribution is -0.141. The number of nitrogens with zero attached hydrogens (tertiary/aromatic N) is 1. The Labute approximate surface area is 86.0 Å². The summed E-state index contributed by atoms with van der Waals surface area (Å²) in [5.74, 6) is -2.13. The van der Waals surface area contributed by atoms with Gasteiger partial charge in [-0.3, -0.25) is 19.2 Å². The predicted molar refractivity (Wildman–Crippen MR) is 50.4 cm³/mol. The Kier molecular flexibility index (Phi) is 2.94. The zero-order valence-corrected chi connectivity index (χ0v) is 8.31. The minimum absolute atomic E-state index is 0.192. The molecule has 5 heteroatoms. The molecular formula is C10H9NO4. The summed E-state index contributed by atoms with van der Waals surface area (Å²) < 4.78 is 0. The van der Waals surface area contributed by atoms with Crippen molar-refractivity contribution in [3.63, 3.8) is 0 Å². The van der Waals surface area contributed by atoms with Gasteiger partial charge in [0.1, 0.15) is 5.70 Å². The summed E-state index contributed by atoms with van der Waals surface area (Å²) in [6.45, 7) is 2.30. The van der Waals surface area contributed by atoms with Crippen LogP contribution in [0.5, 0.6) is 0 Å². The third-order valence-electron chi connectivity index (χ3n) is 1.80. The second kappa shape index (κ2) is 4.00. The van der Waals surface area contributed by atoms with Gasteiger partial charge in [0.15, 0.2) is 5.78 Å². The minimum atomic E-state index is -0.592. The maximum Gasteiger partial charge on any atom is 0.230 e. The van der Waals surface area contributed by atoms with E-state index in [1.54, 1.807) is 0 Å². The monoisotopic (exact) mass is 207 g/mol. The second-order valence-electron chi connectivity index (χ2n) is 3.00. The number of amides is 2. The number of imide groups is 1. The highest BCUT2D eigenvalue weighted by Crippen LogP contribution is 2.12. The lowest BCUT2D eigenvalue weighted by Gasteiger charge is -2.19. The molecule has 0 atom stereocenters. The highest BCUT2D eigenvalue weighted by Gasteiger charge is 2.25. The third kappa shape index (κ3) is 2.25. The quantitative estimate of drug-likeness (QED) is 0.566. The van der Waals surface area contributed by atoms with Gasteiger partial charge in [-0.15, -0.1) is 0 Å². The maximum atomic E-state index is 11.3. The largest absolute Gasteiger partial charge is 0.290 e. The number of carbonyl (C=O) groups is 4. The van der Waals surface area contributed by atoms with E-state index < -0.39 is 23.4 Å². The first-order chi connectivity index (χ1) is 6.93. The highest BCUT2D eigenvalue weighted by atomic mass is 16.2. The summed E-state index contributed by atoms with van der Waals surface area (Å²) in [5.41, 5.74) is -0.192. The number of hydrogen-bond acceptors (Lipinski definition) is 4. The fourth-order valence-electron chi connectivity index (χ4n) is 1.23. The first kappa shape index (κ1) is 11.0. The van der Waals surface area contributed by atoms with E-state index in [1.165, 1.54) is 0 Å². The van der Waals surface area contributed by atoms with Crippen LogP contribution in [0.3, 0.4) is 0 Å². The zero-order chi connectivity index (χ0) is 11.6. The van der Waals surface area contributed by atoms with Crippen molar-refractivity contribution in [3.8, 4) is 0 Å². The van der Waals surface area contributed by atoms with Gasteiger partial charge in [-0.05, 0) is 12.2 Å². The van der Waals surface area contributed by atoms with Gasteiger partial charge in [-0.25, -0.2) is 4.90 Å². The average molecular weight is 207 g/mol. The standard InChI is InChI=1S/C10H9NO4/c1-6(12)11(7(2)13)9-5-8(14)3-4-10(9)15/h3-5H,1-2H3. The fraction of sp³-hybridized carbons (Fsp3) is 0.200. The lowest BCUT2D eigenvalue weighted by Crippen LogP contribution is -2.36. The van der Waals surface area contributed by atoms with Crippen LogP contribution in [0.25, 0.3) is 0 Å². The first-order valence-corrected chi connectivity index (χ1v) is 4.23. The summed E-state index contributed by atoms with van der Waals surface area (Å²) in [6.07, 6.45) is 3.10. The molecular weight excluding hydrogens is 198 g/mol. The van der Waals surface area contributed by atoms with Gasteiger partial charge in [0.25, 0.3) is 0 Å². The van der Waals surface area contributed by atoms with E-state index >= 15 is 0 Å². The van der Waals surface area contributed by atoms with Gasteiger partial charge < -0.3 is 0 Å². The van der Waals surface area contributed by atoms with Crippen molar-refractivity contribution in [2.75, 3.05) is 0 Å². The number of allylic oxidation sites excluding steroid dienone is 3. The van der Waals surface area contributed by atoms with Crippen molar-refractivity contribution in [1.29, 1.82) is 0 Å². The lowest BCUT2D eigenvalue weighted by atomic mass is 10.1. The molecule has 5 nitrogen and oxygen atoms in total. The summed E-state index contributed by atoms with van der Waals surface area (Å²) in [7, 11) is 0. The van der Waals surface area contributed by atoms with Crippen molar-refractivity contribution in [1.82, 2.24) is 4.90 Å². The molecule has 0 aromatic heterocycles. The molecule has 0 unspecified atom stereocenters. The smallest absolute Gasteiger partial charge is 0.230 e. The molecule has 0 heterocycles. The van der Waals surface area contributed by atoms with Crippen LogP contribution >= 0.6 is 0 Å². The van der Waals surface area contributed by atoms with Crippen LogP contribution < -0.4 is 0 Å². The molecule has 0 aromatic carbocycles. The van der Waals surface area contributed by atoms with Gasteiger partial charge in [-0.2, -0.15) is 0 Å². The Balaban J connectivity index is 3.14. The van der Waals surface area contributed by atoms with Crippen LogP contribution in [-0.4, -0.2) is 28.3 Å². The number of rotatable bonds is 1. The molecule has 0 aromatic rings. The molecule has 1 aliphatic rings. The van der Waals surface area contributed by atoms with Crippen molar-refractivity contribution in [2.45, 2.75) is 13.8 Å². The molecule has 2 amide bonds. The van der Waals surface area contributed by atoms with E-state index in [9.17, 15) is 19.2 Å². The summed E-state index contributed by atoms with van der Waals surface area (Å²) >= 11 is 0. The van der Waals surface area contributed by atoms with Crippen molar-refractivity contribution in [3.05, 3.63) is 23.9 Å². The summed E-state index contributed by atoms with van der Waals surface area (Å²) in [5, 5.41) is 0. The van der Waals surface area contributed by atoms with E-state index in [-0.39, 0.29) is 5.70 Å². The Hall–Kier alpha value is -2.04. The molecule has 0 aliphatic heterocycles. The Bertz CT molecular complexity index is 403. The van der Waals surface area contributed by atoms with E-state index in [0.717, 1.165) is 32.1 Å². The molecule has 78 valence electrons. The van der Waals surface area contributed by atoms with Crippen molar-refractivity contribution < 1.29 is 19.2 Å². The van der Waals surface area contributed by atoms with Crippen molar-refractivity contribution >= 4 is 23.4 Å². The molecule has 0 bridgehead atoms. The van der Waals surface area contributed by atoms with Gasteiger partial charge in [-0.1, -0.05) is 0 Å². The Morgan fingerprint density at radius 3 is 2.07 bits per heavy atom. The molecule has 0 fully saturated rings. The molecule has 15 heavy (non-hydrogen) atoms. The van der Waals surface area contributed by atoms with Gasteiger partial charge >= 0.3 is 0 Å². The molecule has 0 spiro atoms. The van der Waals surface area contributed by atoms with Crippen LogP contribution in [0, 0.1) is 0 Å². The van der Waals surface area contributed by atoms with Crippen LogP contribution in [0.2, 0.25) is 0 Å². The van der Waals surface area contributed by atoms with Gasteiger partial charge in [0, 0.05) is 19.9 Å². The third-order valence-corrected chi connectivity index (χ3v) is 1.80. The van der Waals surface area contributed by atoms with E-state index in [4.69, 9.17) is 0 Å². The van der Waals surface area contributed by atoms with Crippen LogP contribution in [-0.2, 0) is 19.2 Å². The van der Waals surface area contributed by atoms with Crippen LogP contribution in [0.1, 0.15) is 13.8 Å². The maximum absolute atomic E-state index is 11.3. The number of carbonyl (C=O) groups excluding carboxylic acids is 4. The molecule has 0 saturated heterocycles. The van der Waals surface area contributed by atoms with Gasteiger partial charge in [0.2, 0.25) is 17.6 Å². The first-order valence-electron chi connectivity index (χ1n) is 4.23. The van der Waals surface area contributed by atoms with Gasteiger partial charge in [0.05, 0.1) is 0 Å². The predicted octanol–water partition coefficient (Wildman–Crippen LogP) is -0.0267. The van der Waals surface area contributed by atoms with Crippen molar-refractivity contribution in [2.24, 2.45) is 0 Å². The van der Waals surface area contributed by atoms with E-state index in [1.807, 2.05) is 0 Å².